The van der Waals surface area contributed by atoms with E-state index in [1.54, 1.807) is 0 Å². The Bertz CT molecular complexity index is 417. The van der Waals surface area contributed by atoms with E-state index in [-0.39, 0.29) is 17.9 Å². The number of aliphatic hydroxyl groups is 1. The average Bonchev–Trinajstić information content (AvgIpc) is 2.35. The van der Waals surface area contributed by atoms with Gasteiger partial charge in [0.05, 0.1) is 12.0 Å². The number of rotatable bonds is 2. The van der Waals surface area contributed by atoms with Gasteiger partial charge >= 0.3 is 0 Å². The lowest BCUT2D eigenvalue weighted by atomic mass is 9.77. The van der Waals surface area contributed by atoms with Gasteiger partial charge in [0.2, 0.25) is 5.91 Å². The molecule has 1 aromatic rings. The van der Waals surface area contributed by atoms with E-state index in [2.05, 4.69) is 0 Å². The Kier molecular flexibility index (Phi) is 2.63. The second-order valence-corrected chi connectivity index (χ2v) is 5.09. The minimum absolute atomic E-state index is 0.142. The molecule has 3 nitrogen and oxygen atoms in total. The van der Waals surface area contributed by atoms with Crippen LogP contribution >= 0.6 is 0 Å². The Hall–Kier alpha value is -1.35. The van der Waals surface area contributed by atoms with Crippen molar-refractivity contribution in [3.8, 4) is 0 Å². The molecule has 2 heterocycles. The van der Waals surface area contributed by atoms with Crippen LogP contribution in [-0.2, 0) is 11.3 Å². The molecule has 3 unspecified atom stereocenters. The van der Waals surface area contributed by atoms with Crippen molar-refractivity contribution < 1.29 is 9.90 Å². The molecule has 2 bridgehead atoms. The van der Waals surface area contributed by atoms with Crippen LogP contribution in [0.15, 0.2) is 30.3 Å². The third kappa shape index (κ3) is 1.84. The highest BCUT2D eigenvalue weighted by molar-refractivity contribution is 5.81. The van der Waals surface area contributed by atoms with E-state index in [1.165, 1.54) is 5.56 Å². The summed E-state index contributed by atoms with van der Waals surface area (Å²) in [5.74, 6) is -0.00688. The van der Waals surface area contributed by atoms with Crippen LogP contribution in [0.25, 0.3) is 0 Å². The molecule has 1 aliphatic carbocycles. The molecule has 4 rings (SSSR count). The summed E-state index contributed by atoms with van der Waals surface area (Å²) in [6.07, 6.45) is 2.24. The highest BCUT2D eigenvalue weighted by Gasteiger charge is 2.45. The van der Waals surface area contributed by atoms with Gasteiger partial charge in [0.15, 0.2) is 0 Å². The summed E-state index contributed by atoms with van der Waals surface area (Å²) in [6, 6.07) is 10.3. The fraction of sp³-hybridized carbons (Fsp3) is 0.500. The number of benzene rings is 1. The molecular weight excluding hydrogens is 214 g/mol. The maximum atomic E-state index is 12.2. The first-order valence-electron chi connectivity index (χ1n) is 6.28. The molecular formula is C14H17NO2. The SMILES string of the molecule is O=C1C2CCC(CC2O)N1Cc1ccccc1. The maximum absolute atomic E-state index is 12.2. The summed E-state index contributed by atoms with van der Waals surface area (Å²) in [5.41, 5.74) is 1.17. The van der Waals surface area contributed by atoms with Crippen molar-refractivity contribution in [2.45, 2.75) is 38.0 Å². The van der Waals surface area contributed by atoms with Gasteiger partial charge in [-0.3, -0.25) is 4.79 Å². The molecule has 0 aromatic heterocycles. The van der Waals surface area contributed by atoms with Crippen LogP contribution in [0.4, 0.5) is 0 Å². The number of hydrogen-bond acceptors (Lipinski definition) is 2. The first-order chi connectivity index (χ1) is 8.25. The summed E-state index contributed by atoms with van der Waals surface area (Å²) in [7, 11) is 0. The zero-order valence-corrected chi connectivity index (χ0v) is 9.75. The lowest BCUT2D eigenvalue weighted by Crippen LogP contribution is -2.57. The van der Waals surface area contributed by atoms with Gasteiger partial charge < -0.3 is 10.0 Å². The Morgan fingerprint density at radius 2 is 2.00 bits per heavy atom. The van der Waals surface area contributed by atoms with Crippen LogP contribution in [0.3, 0.4) is 0 Å². The molecule has 3 aliphatic rings. The second kappa shape index (κ2) is 4.15. The Morgan fingerprint density at radius 3 is 2.65 bits per heavy atom. The molecule has 90 valence electrons. The predicted octanol–water partition coefficient (Wildman–Crippen LogP) is 1.56. The van der Waals surface area contributed by atoms with Crippen LogP contribution in [0, 0.1) is 5.92 Å². The monoisotopic (exact) mass is 231 g/mol. The number of piperidine rings is 2. The molecule has 1 saturated carbocycles. The number of carbonyl (C=O) groups excluding carboxylic acids is 1. The second-order valence-electron chi connectivity index (χ2n) is 5.09. The van der Waals surface area contributed by atoms with Gasteiger partial charge in [-0.25, -0.2) is 0 Å². The number of amides is 1. The Balaban J connectivity index is 1.78. The number of fused-ring (bicyclic) bond motifs is 3. The largest absolute Gasteiger partial charge is 0.392 e. The topological polar surface area (TPSA) is 40.5 Å². The van der Waals surface area contributed by atoms with Gasteiger partial charge in [-0.2, -0.15) is 0 Å². The van der Waals surface area contributed by atoms with Gasteiger partial charge in [0, 0.05) is 12.6 Å². The summed E-state index contributed by atoms with van der Waals surface area (Å²) in [6.45, 7) is 0.688. The maximum Gasteiger partial charge on any atom is 0.228 e. The van der Waals surface area contributed by atoms with Crippen molar-refractivity contribution in [3.05, 3.63) is 35.9 Å². The quantitative estimate of drug-likeness (QED) is 0.839. The van der Waals surface area contributed by atoms with Gasteiger partial charge in [0.1, 0.15) is 0 Å². The molecule has 0 spiro atoms. The predicted molar refractivity (Wildman–Crippen MR) is 64.1 cm³/mol. The number of nitrogens with zero attached hydrogens (tertiary/aromatic N) is 1. The highest BCUT2D eigenvalue weighted by atomic mass is 16.3. The van der Waals surface area contributed by atoms with Gasteiger partial charge in [-0.15, -0.1) is 0 Å². The van der Waals surface area contributed by atoms with Crippen molar-refractivity contribution in [1.82, 2.24) is 4.90 Å². The van der Waals surface area contributed by atoms with E-state index >= 15 is 0 Å². The van der Waals surface area contributed by atoms with Crippen LogP contribution in [0.1, 0.15) is 24.8 Å². The van der Waals surface area contributed by atoms with Crippen molar-refractivity contribution in [2.75, 3.05) is 0 Å². The fourth-order valence-corrected chi connectivity index (χ4v) is 3.08. The van der Waals surface area contributed by atoms with E-state index in [0.29, 0.717) is 6.54 Å². The summed E-state index contributed by atoms with van der Waals surface area (Å²) in [5, 5.41) is 9.81. The van der Waals surface area contributed by atoms with Gasteiger partial charge in [0.25, 0.3) is 0 Å². The molecule has 0 radical (unpaired) electrons. The van der Waals surface area contributed by atoms with E-state index in [0.717, 1.165) is 19.3 Å². The Morgan fingerprint density at radius 1 is 1.24 bits per heavy atom. The number of carbonyl (C=O) groups is 1. The lowest BCUT2D eigenvalue weighted by molar-refractivity contribution is -0.157. The van der Waals surface area contributed by atoms with Gasteiger partial charge in [-0.05, 0) is 24.8 Å². The average molecular weight is 231 g/mol. The fourth-order valence-electron chi connectivity index (χ4n) is 3.08. The molecule has 2 aliphatic heterocycles. The normalized spacial score (nSPS) is 31.9. The van der Waals surface area contributed by atoms with Crippen molar-refractivity contribution in [3.63, 3.8) is 0 Å². The van der Waals surface area contributed by atoms with Crippen LogP contribution in [0.5, 0.6) is 0 Å². The number of aliphatic hydroxyl groups excluding tert-OH is 1. The standard InChI is InChI=1S/C14H17NO2/c16-13-8-11-6-7-12(13)14(17)15(11)9-10-4-2-1-3-5-10/h1-5,11-13,16H,6-9H2. The zero-order valence-electron chi connectivity index (χ0n) is 9.75. The van der Waals surface area contributed by atoms with Crippen molar-refractivity contribution >= 4 is 5.91 Å². The van der Waals surface area contributed by atoms with E-state index < -0.39 is 6.10 Å². The smallest absolute Gasteiger partial charge is 0.228 e. The molecule has 2 saturated heterocycles. The lowest BCUT2D eigenvalue weighted by Gasteiger charge is -2.47. The summed E-state index contributed by atoms with van der Waals surface area (Å²) < 4.78 is 0. The minimum Gasteiger partial charge on any atom is -0.392 e. The van der Waals surface area contributed by atoms with E-state index in [4.69, 9.17) is 0 Å². The molecule has 1 aromatic carbocycles. The minimum atomic E-state index is -0.409. The summed E-state index contributed by atoms with van der Waals surface area (Å²) >= 11 is 0. The van der Waals surface area contributed by atoms with Crippen molar-refractivity contribution in [1.29, 1.82) is 0 Å². The van der Waals surface area contributed by atoms with E-state index in [9.17, 15) is 9.90 Å². The van der Waals surface area contributed by atoms with E-state index in [1.807, 2.05) is 35.2 Å². The molecule has 1 amide bonds. The van der Waals surface area contributed by atoms with Crippen LogP contribution in [0.2, 0.25) is 0 Å². The van der Waals surface area contributed by atoms with Crippen LogP contribution < -0.4 is 0 Å². The van der Waals surface area contributed by atoms with Crippen LogP contribution in [-0.4, -0.2) is 28.1 Å². The summed E-state index contributed by atoms with van der Waals surface area (Å²) in [4.78, 5) is 14.1. The molecule has 17 heavy (non-hydrogen) atoms. The number of hydrogen-bond donors (Lipinski definition) is 1. The Labute approximate surface area is 101 Å². The van der Waals surface area contributed by atoms with Gasteiger partial charge in [-0.1, -0.05) is 30.3 Å². The molecule has 3 heteroatoms. The zero-order chi connectivity index (χ0) is 11.8. The molecule has 3 atom stereocenters. The third-order valence-electron chi connectivity index (χ3n) is 4.03. The third-order valence-corrected chi connectivity index (χ3v) is 4.03. The first-order valence-corrected chi connectivity index (χ1v) is 6.28. The van der Waals surface area contributed by atoms with Crippen molar-refractivity contribution in [2.24, 2.45) is 5.92 Å². The first kappa shape index (κ1) is 10.8. The molecule has 1 N–H and O–H groups in total. The highest BCUT2D eigenvalue weighted by Crippen LogP contribution is 2.36. The molecule has 3 fully saturated rings.